The van der Waals surface area contributed by atoms with E-state index in [0.29, 0.717) is 24.3 Å². The predicted molar refractivity (Wildman–Crippen MR) is 99.0 cm³/mol. The summed E-state index contributed by atoms with van der Waals surface area (Å²) in [7, 11) is 1.33. The first-order valence-corrected chi connectivity index (χ1v) is 8.92. The number of esters is 1. The van der Waals surface area contributed by atoms with Crippen molar-refractivity contribution in [3.63, 3.8) is 0 Å². The van der Waals surface area contributed by atoms with Crippen LogP contribution in [0.3, 0.4) is 0 Å². The highest BCUT2D eigenvalue weighted by Crippen LogP contribution is 2.24. The van der Waals surface area contributed by atoms with Gasteiger partial charge in [0.05, 0.1) is 13.7 Å². The molecule has 0 spiro atoms. The average molecular weight is 416 g/mol. The van der Waals surface area contributed by atoms with E-state index in [2.05, 4.69) is 21.2 Å². The number of methoxy groups -OCH3 is 1. The maximum absolute atomic E-state index is 11.8. The SMILES string of the molecule is COC(=O)c1cc(Br)ccc1OCCC[C@@H](C)NC(=O)OC(C)(C)C. The van der Waals surface area contributed by atoms with Gasteiger partial charge in [-0.3, -0.25) is 0 Å². The predicted octanol–water partition coefficient (Wildman–Crippen LogP) is 4.31. The molecule has 0 heterocycles. The van der Waals surface area contributed by atoms with Gasteiger partial charge in [0, 0.05) is 10.5 Å². The number of ether oxygens (including phenoxy) is 3. The van der Waals surface area contributed by atoms with Crippen molar-refractivity contribution >= 4 is 28.0 Å². The summed E-state index contributed by atoms with van der Waals surface area (Å²) in [6.07, 6.45) is 1.01. The standard InChI is InChI=1S/C18H26BrNO5/c1-12(20-17(22)25-18(2,3)4)7-6-10-24-15-9-8-13(19)11-14(15)16(21)23-5/h8-9,11-12H,6-7,10H2,1-5H3,(H,20,22)/t12-/m1/s1. The first-order valence-electron chi connectivity index (χ1n) is 8.12. The van der Waals surface area contributed by atoms with E-state index in [9.17, 15) is 9.59 Å². The van der Waals surface area contributed by atoms with E-state index in [1.807, 2.05) is 27.7 Å². The number of hydrogen-bond acceptors (Lipinski definition) is 5. The number of benzene rings is 1. The Labute approximate surface area is 157 Å². The van der Waals surface area contributed by atoms with Crippen LogP contribution in [0.4, 0.5) is 4.79 Å². The van der Waals surface area contributed by atoms with Crippen molar-refractivity contribution in [1.82, 2.24) is 5.32 Å². The Balaban J connectivity index is 2.43. The number of alkyl carbamates (subject to hydrolysis) is 1. The van der Waals surface area contributed by atoms with Crippen molar-refractivity contribution in [2.75, 3.05) is 13.7 Å². The highest BCUT2D eigenvalue weighted by molar-refractivity contribution is 9.10. The molecule has 0 radical (unpaired) electrons. The summed E-state index contributed by atoms with van der Waals surface area (Å²) >= 11 is 3.32. The van der Waals surface area contributed by atoms with Crippen molar-refractivity contribution in [2.45, 2.75) is 52.2 Å². The summed E-state index contributed by atoms with van der Waals surface area (Å²) in [5.41, 5.74) is -0.143. The molecule has 1 N–H and O–H groups in total. The van der Waals surface area contributed by atoms with Crippen LogP contribution >= 0.6 is 15.9 Å². The molecule has 0 aromatic heterocycles. The number of carbonyl (C=O) groups excluding carboxylic acids is 2. The van der Waals surface area contributed by atoms with Crippen LogP contribution in [0.25, 0.3) is 0 Å². The molecule has 1 amide bonds. The molecule has 0 fully saturated rings. The number of amides is 1. The molecule has 0 unspecified atom stereocenters. The Kier molecular flexibility index (Phi) is 8.22. The largest absolute Gasteiger partial charge is 0.493 e. The Bertz CT molecular complexity index is 598. The molecule has 1 aromatic carbocycles. The lowest BCUT2D eigenvalue weighted by molar-refractivity contribution is 0.0503. The van der Waals surface area contributed by atoms with Crippen LogP contribution in [0.2, 0.25) is 0 Å². The van der Waals surface area contributed by atoms with Gasteiger partial charge in [-0.05, 0) is 58.7 Å². The lowest BCUT2D eigenvalue weighted by Gasteiger charge is -2.22. The molecule has 0 saturated carbocycles. The summed E-state index contributed by atoms with van der Waals surface area (Å²) in [5, 5.41) is 2.78. The molecule has 6 nitrogen and oxygen atoms in total. The van der Waals surface area contributed by atoms with E-state index in [-0.39, 0.29) is 6.04 Å². The van der Waals surface area contributed by atoms with Gasteiger partial charge >= 0.3 is 12.1 Å². The topological polar surface area (TPSA) is 73.9 Å². The van der Waals surface area contributed by atoms with Gasteiger partial charge in [0.25, 0.3) is 0 Å². The maximum atomic E-state index is 11.8. The van der Waals surface area contributed by atoms with Crippen LogP contribution in [-0.4, -0.2) is 37.4 Å². The van der Waals surface area contributed by atoms with Crippen LogP contribution in [0.1, 0.15) is 50.9 Å². The second kappa shape index (κ2) is 9.65. The van der Waals surface area contributed by atoms with Crippen molar-refractivity contribution in [2.24, 2.45) is 0 Å². The highest BCUT2D eigenvalue weighted by atomic mass is 79.9. The third-order valence-electron chi connectivity index (χ3n) is 3.15. The van der Waals surface area contributed by atoms with Gasteiger partial charge in [-0.15, -0.1) is 0 Å². The highest BCUT2D eigenvalue weighted by Gasteiger charge is 2.18. The zero-order chi connectivity index (χ0) is 19.0. The van der Waals surface area contributed by atoms with Crippen molar-refractivity contribution in [1.29, 1.82) is 0 Å². The molecule has 0 aliphatic heterocycles. The zero-order valence-corrected chi connectivity index (χ0v) is 16.9. The van der Waals surface area contributed by atoms with E-state index in [1.165, 1.54) is 7.11 Å². The fraction of sp³-hybridized carbons (Fsp3) is 0.556. The summed E-state index contributed by atoms with van der Waals surface area (Å²) in [6.45, 7) is 7.79. The quantitative estimate of drug-likeness (QED) is 0.530. The Morgan fingerprint density at radius 1 is 1.28 bits per heavy atom. The van der Waals surface area contributed by atoms with Gasteiger partial charge in [0.1, 0.15) is 16.9 Å². The molecule has 7 heteroatoms. The van der Waals surface area contributed by atoms with E-state index < -0.39 is 17.7 Å². The van der Waals surface area contributed by atoms with E-state index in [0.717, 1.165) is 10.9 Å². The van der Waals surface area contributed by atoms with E-state index in [1.54, 1.807) is 18.2 Å². The molecule has 0 saturated heterocycles. The normalized spacial score (nSPS) is 12.2. The second-order valence-corrected chi connectivity index (χ2v) is 7.59. The van der Waals surface area contributed by atoms with Gasteiger partial charge in [0.15, 0.2) is 0 Å². The summed E-state index contributed by atoms with van der Waals surface area (Å²) in [4.78, 5) is 23.5. The molecule has 0 bridgehead atoms. The van der Waals surface area contributed by atoms with Gasteiger partial charge in [-0.25, -0.2) is 9.59 Å². The minimum Gasteiger partial charge on any atom is -0.493 e. The fourth-order valence-corrected chi connectivity index (χ4v) is 2.41. The Morgan fingerprint density at radius 3 is 2.56 bits per heavy atom. The summed E-state index contributed by atoms with van der Waals surface area (Å²) in [5.74, 6) is 0.0269. The molecule has 1 atom stereocenters. The Hall–Kier alpha value is -1.76. The molecule has 140 valence electrons. The number of rotatable bonds is 7. The van der Waals surface area contributed by atoms with Gasteiger partial charge in [0.2, 0.25) is 0 Å². The number of hydrogen-bond donors (Lipinski definition) is 1. The molecule has 0 aliphatic rings. The third-order valence-corrected chi connectivity index (χ3v) is 3.64. The Morgan fingerprint density at radius 2 is 1.96 bits per heavy atom. The number of carbonyl (C=O) groups is 2. The summed E-state index contributed by atoms with van der Waals surface area (Å²) < 4.78 is 16.4. The van der Waals surface area contributed by atoms with E-state index in [4.69, 9.17) is 14.2 Å². The lowest BCUT2D eigenvalue weighted by atomic mass is 10.2. The smallest absolute Gasteiger partial charge is 0.407 e. The van der Waals surface area contributed by atoms with Crippen LogP contribution in [0.5, 0.6) is 5.75 Å². The molecule has 25 heavy (non-hydrogen) atoms. The second-order valence-electron chi connectivity index (χ2n) is 6.67. The summed E-state index contributed by atoms with van der Waals surface area (Å²) in [6, 6.07) is 5.14. The van der Waals surface area contributed by atoms with Crippen molar-refractivity contribution in [3.8, 4) is 5.75 Å². The van der Waals surface area contributed by atoms with Gasteiger partial charge in [-0.2, -0.15) is 0 Å². The zero-order valence-electron chi connectivity index (χ0n) is 15.3. The molecule has 1 rings (SSSR count). The molecule has 0 aliphatic carbocycles. The average Bonchev–Trinajstić information content (AvgIpc) is 2.49. The van der Waals surface area contributed by atoms with Crippen LogP contribution < -0.4 is 10.1 Å². The van der Waals surface area contributed by atoms with Crippen molar-refractivity contribution < 1.29 is 23.8 Å². The first kappa shape index (κ1) is 21.3. The van der Waals surface area contributed by atoms with Crippen LogP contribution in [0, 0.1) is 0 Å². The fourth-order valence-electron chi connectivity index (χ4n) is 2.05. The molecular formula is C18H26BrNO5. The first-order chi connectivity index (χ1) is 11.6. The molecular weight excluding hydrogens is 390 g/mol. The van der Waals surface area contributed by atoms with Crippen molar-refractivity contribution in [3.05, 3.63) is 28.2 Å². The number of halogens is 1. The minimum absolute atomic E-state index is 0.0385. The van der Waals surface area contributed by atoms with Gasteiger partial charge < -0.3 is 19.5 Å². The monoisotopic (exact) mass is 415 g/mol. The van der Waals surface area contributed by atoms with Gasteiger partial charge in [-0.1, -0.05) is 15.9 Å². The van der Waals surface area contributed by atoms with E-state index >= 15 is 0 Å². The van der Waals surface area contributed by atoms with Crippen LogP contribution in [-0.2, 0) is 9.47 Å². The third kappa shape index (κ3) is 8.25. The maximum Gasteiger partial charge on any atom is 0.407 e. The van der Waals surface area contributed by atoms with Crippen LogP contribution in [0.15, 0.2) is 22.7 Å². The lowest BCUT2D eigenvalue weighted by Crippen LogP contribution is -2.37. The molecule has 1 aromatic rings. The number of nitrogens with one attached hydrogen (secondary N) is 1. The minimum atomic E-state index is -0.515.